The molecule has 0 atom stereocenters. The molecule has 0 saturated carbocycles. The van der Waals surface area contributed by atoms with Gasteiger partial charge in [0.2, 0.25) is 0 Å². The zero-order valence-corrected chi connectivity index (χ0v) is 10.5. The van der Waals surface area contributed by atoms with Gasteiger partial charge in [-0.2, -0.15) is 0 Å². The average molecular weight is 258 g/mol. The summed E-state index contributed by atoms with van der Waals surface area (Å²) in [5.41, 5.74) is 0.922. The topological polar surface area (TPSA) is 21.3 Å². The van der Waals surface area contributed by atoms with E-state index in [0.29, 0.717) is 12.5 Å². The van der Waals surface area contributed by atoms with Crippen LogP contribution in [0, 0.1) is 11.7 Å². The van der Waals surface area contributed by atoms with Crippen molar-refractivity contribution >= 4 is 11.6 Å². The minimum absolute atomic E-state index is 0.160. The van der Waals surface area contributed by atoms with Crippen molar-refractivity contribution in [3.05, 3.63) is 34.6 Å². The van der Waals surface area contributed by atoms with Crippen LogP contribution < -0.4 is 5.32 Å². The standard InChI is InChI=1S/C13H17ClFNO/c14-12-7-11(1-2-13(12)15)9-17-8-10-3-5-16-6-4-10/h1-2,7,10,16H,3-6,8-9H2. The van der Waals surface area contributed by atoms with Crippen molar-refractivity contribution in [2.24, 2.45) is 5.92 Å². The Kier molecular flexibility index (Phi) is 4.77. The van der Waals surface area contributed by atoms with Crippen LogP contribution in [-0.4, -0.2) is 19.7 Å². The van der Waals surface area contributed by atoms with E-state index < -0.39 is 0 Å². The fraction of sp³-hybridized carbons (Fsp3) is 0.538. The third kappa shape index (κ3) is 3.95. The first-order chi connectivity index (χ1) is 8.25. The van der Waals surface area contributed by atoms with E-state index in [9.17, 15) is 4.39 Å². The second kappa shape index (κ2) is 6.34. The average Bonchev–Trinajstić information content (AvgIpc) is 2.35. The van der Waals surface area contributed by atoms with Crippen LogP contribution in [-0.2, 0) is 11.3 Å². The summed E-state index contributed by atoms with van der Waals surface area (Å²) in [5.74, 6) is 0.265. The van der Waals surface area contributed by atoms with E-state index in [1.807, 2.05) is 0 Å². The van der Waals surface area contributed by atoms with Crippen LogP contribution in [0.4, 0.5) is 4.39 Å². The highest BCUT2D eigenvalue weighted by Crippen LogP contribution is 2.17. The van der Waals surface area contributed by atoms with Crippen LogP contribution in [0.25, 0.3) is 0 Å². The second-order valence-electron chi connectivity index (χ2n) is 4.46. The quantitative estimate of drug-likeness (QED) is 0.895. The molecule has 0 unspecified atom stereocenters. The Labute approximate surface area is 106 Å². The zero-order chi connectivity index (χ0) is 12.1. The Morgan fingerprint density at radius 3 is 2.82 bits per heavy atom. The van der Waals surface area contributed by atoms with Gasteiger partial charge in [-0.25, -0.2) is 4.39 Å². The van der Waals surface area contributed by atoms with Crippen molar-refractivity contribution in [1.82, 2.24) is 5.32 Å². The lowest BCUT2D eigenvalue weighted by molar-refractivity contribution is 0.0763. The Hall–Kier alpha value is -0.640. The fourth-order valence-corrected chi connectivity index (χ4v) is 2.22. The van der Waals surface area contributed by atoms with Gasteiger partial charge in [-0.1, -0.05) is 17.7 Å². The largest absolute Gasteiger partial charge is 0.376 e. The van der Waals surface area contributed by atoms with Gasteiger partial charge in [0.15, 0.2) is 0 Å². The van der Waals surface area contributed by atoms with Crippen LogP contribution in [0.15, 0.2) is 18.2 Å². The van der Waals surface area contributed by atoms with Crippen molar-refractivity contribution in [3.8, 4) is 0 Å². The van der Waals surface area contributed by atoms with Crippen molar-refractivity contribution < 1.29 is 9.13 Å². The number of ether oxygens (including phenoxy) is 1. The van der Waals surface area contributed by atoms with Crippen molar-refractivity contribution in [2.45, 2.75) is 19.4 Å². The Morgan fingerprint density at radius 1 is 1.35 bits per heavy atom. The van der Waals surface area contributed by atoms with Gasteiger partial charge in [-0.05, 0) is 49.5 Å². The zero-order valence-electron chi connectivity index (χ0n) is 9.72. The predicted octanol–water partition coefficient (Wildman–Crippen LogP) is 3.00. The van der Waals surface area contributed by atoms with E-state index in [-0.39, 0.29) is 10.8 Å². The molecule has 0 bridgehead atoms. The van der Waals surface area contributed by atoms with E-state index in [1.165, 1.54) is 18.9 Å². The molecule has 1 aliphatic rings. The maximum atomic E-state index is 12.9. The SMILES string of the molecule is Fc1ccc(COCC2CCNCC2)cc1Cl. The molecule has 2 rings (SSSR count). The van der Waals surface area contributed by atoms with Gasteiger partial charge in [0.05, 0.1) is 11.6 Å². The molecule has 0 radical (unpaired) electrons. The number of halogens is 2. The van der Waals surface area contributed by atoms with E-state index >= 15 is 0 Å². The summed E-state index contributed by atoms with van der Waals surface area (Å²) in [5, 5.41) is 3.48. The summed E-state index contributed by atoms with van der Waals surface area (Å²) in [4.78, 5) is 0. The normalized spacial score (nSPS) is 17.3. The summed E-state index contributed by atoms with van der Waals surface area (Å²) >= 11 is 5.70. The number of piperidine rings is 1. The molecule has 0 amide bonds. The highest BCUT2D eigenvalue weighted by atomic mass is 35.5. The summed E-state index contributed by atoms with van der Waals surface area (Å²) in [6.45, 7) is 3.44. The van der Waals surface area contributed by atoms with Gasteiger partial charge in [-0.3, -0.25) is 0 Å². The lowest BCUT2D eigenvalue weighted by Gasteiger charge is -2.22. The lowest BCUT2D eigenvalue weighted by atomic mass is 9.99. The Bertz CT molecular complexity index is 366. The number of hydrogen-bond donors (Lipinski definition) is 1. The van der Waals surface area contributed by atoms with Gasteiger partial charge in [0, 0.05) is 6.61 Å². The van der Waals surface area contributed by atoms with Crippen molar-refractivity contribution in [1.29, 1.82) is 0 Å². The van der Waals surface area contributed by atoms with Gasteiger partial charge < -0.3 is 10.1 Å². The summed E-state index contributed by atoms with van der Waals surface area (Å²) in [6.07, 6.45) is 2.34. The molecule has 1 heterocycles. The molecule has 4 heteroatoms. The molecule has 1 aliphatic heterocycles. The maximum Gasteiger partial charge on any atom is 0.141 e. The molecule has 1 saturated heterocycles. The van der Waals surface area contributed by atoms with Crippen molar-refractivity contribution in [3.63, 3.8) is 0 Å². The smallest absolute Gasteiger partial charge is 0.141 e. The first kappa shape index (κ1) is 12.8. The minimum Gasteiger partial charge on any atom is -0.376 e. The van der Waals surface area contributed by atoms with E-state index in [2.05, 4.69) is 5.32 Å². The molecular formula is C13H17ClFNO. The molecule has 0 spiro atoms. The molecule has 94 valence electrons. The van der Waals surface area contributed by atoms with Crippen LogP contribution >= 0.6 is 11.6 Å². The van der Waals surface area contributed by atoms with Gasteiger partial charge in [0.25, 0.3) is 0 Å². The van der Waals surface area contributed by atoms with E-state index in [4.69, 9.17) is 16.3 Å². The highest BCUT2D eigenvalue weighted by molar-refractivity contribution is 6.30. The summed E-state index contributed by atoms with van der Waals surface area (Å²) in [6, 6.07) is 4.72. The third-order valence-electron chi connectivity index (χ3n) is 3.07. The molecule has 17 heavy (non-hydrogen) atoms. The first-order valence-corrected chi connectivity index (χ1v) is 6.36. The first-order valence-electron chi connectivity index (χ1n) is 5.98. The van der Waals surface area contributed by atoms with Crippen LogP contribution in [0.1, 0.15) is 18.4 Å². The predicted molar refractivity (Wildman–Crippen MR) is 66.7 cm³/mol. The molecule has 1 aromatic carbocycles. The van der Waals surface area contributed by atoms with Gasteiger partial charge in [-0.15, -0.1) is 0 Å². The number of nitrogens with one attached hydrogen (secondary N) is 1. The lowest BCUT2D eigenvalue weighted by Crippen LogP contribution is -2.29. The minimum atomic E-state index is -0.381. The van der Waals surface area contributed by atoms with Crippen molar-refractivity contribution in [2.75, 3.05) is 19.7 Å². The number of benzene rings is 1. The Balaban J connectivity index is 1.75. The molecule has 2 nitrogen and oxygen atoms in total. The molecular weight excluding hydrogens is 241 g/mol. The molecule has 0 aliphatic carbocycles. The molecule has 1 N–H and O–H groups in total. The van der Waals surface area contributed by atoms with Gasteiger partial charge >= 0.3 is 0 Å². The molecule has 1 aromatic rings. The second-order valence-corrected chi connectivity index (χ2v) is 4.86. The van der Waals surface area contributed by atoms with Crippen LogP contribution in [0.5, 0.6) is 0 Å². The van der Waals surface area contributed by atoms with Gasteiger partial charge in [0.1, 0.15) is 5.82 Å². The van der Waals surface area contributed by atoms with Crippen LogP contribution in [0.3, 0.4) is 0 Å². The fourth-order valence-electron chi connectivity index (χ4n) is 2.02. The maximum absolute atomic E-state index is 12.9. The van der Waals surface area contributed by atoms with Crippen LogP contribution in [0.2, 0.25) is 5.02 Å². The highest BCUT2D eigenvalue weighted by Gasteiger charge is 2.12. The summed E-state index contributed by atoms with van der Waals surface area (Å²) in [7, 11) is 0. The number of hydrogen-bond acceptors (Lipinski definition) is 2. The summed E-state index contributed by atoms with van der Waals surface area (Å²) < 4.78 is 18.6. The number of rotatable bonds is 4. The van der Waals surface area contributed by atoms with E-state index in [1.54, 1.807) is 12.1 Å². The third-order valence-corrected chi connectivity index (χ3v) is 3.35. The molecule has 0 aromatic heterocycles. The molecule has 1 fully saturated rings. The van der Waals surface area contributed by atoms with E-state index in [0.717, 1.165) is 25.3 Å². The Morgan fingerprint density at radius 2 is 2.12 bits per heavy atom. The monoisotopic (exact) mass is 257 g/mol.